The molecule has 0 aliphatic carbocycles. The average molecular weight is 605 g/mol. The largest absolute Gasteiger partial charge is 0.462 e. The van der Waals surface area contributed by atoms with Crippen LogP contribution < -0.4 is 5.32 Å². The van der Waals surface area contributed by atoms with Crippen LogP contribution >= 0.6 is 0 Å². The molecule has 1 rings (SSSR count). The van der Waals surface area contributed by atoms with Gasteiger partial charge in [-0.2, -0.15) is 74.6 Å². The number of hydrogen-bond acceptors (Lipinski definition) is 5. The molecule has 0 aromatic carbocycles. The van der Waals surface area contributed by atoms with Crippen LogP contribution in [-0.4, -0.2) is 91.0 Å². The zero-order chi connectivity index (χ0) is 30.6. The number of nitrogens with zero attached hydrogens (tertiary/aromatic N) is 2. The van der Waals surface area contributed by atoms with Crippen molar-refractivity contribution in [2.45, 2.75) is 54.7 Å². The summed E-state index contributed by atoms with van der Waals surface area (Å²) in [6.45, 7) is -0.240. The molecule has 0 saturated carbocycles. The second kappa shape index (κ2) is 9.71. The highest BCUT2D eigenvalue weighted by atomic mass is 19.4. The maximum Gasteiger partial charge on any atom is 0.462 e. The minimum atomic E-state index is -8.05. The SMILES string of the molecule is CN1C=CCN(C)C1NC(=O)C(F)(OC(F)(F)C(F)(OC(F)(F)C(F)(F)C(F)(F)F)C(F)(F)F)C(F)(F)F. The van der Waals surface area contributed by atoms with E-state index in [2.05, 4.69) is 0 Å². The van der Waals surface area contributed by atoms with E-state index in [9.17, 15) is 79.4 Å². The Morgan fingerprint density at radius 2 is 1.21 bits per heavy atom. The number of alkyl halides is 17. The van der Waals surface area contributed by atoms with Crippen molar-refractivity contribution in [1.82, 2.24) is 15.1 Å². The topological polar surface area (TPSA) is 54.0 Å². The number of halogens is 17. The maximum absolute atomic E-state index is 14.6. The van der Waals surface area contributed by atoms with E-state index in [1.807, 2.05) is 4.74 Å². The Morgan fingerprint density at radius 3 is 1.58 bits per heavy atom. The summed E-state index contributed by atoms with van der Waals surface area (Å²) in [4.78, 5) is 13.5. The van der Waals surface area contributed by atoms with Crippen LogP contribution in [0.2, 0.25) is 0 Å². The number of ether oxygens (including phenoxy) is 2. The maximum atomic E-state index is 14.6. The summed E-state index contributed by atoms with van der Waals surface area (Å²) in [5.74, 6) is -26.2. The Morgan fingerprint density at radius 1 is 0.737 bits per heavy atom. The zero-order valence-electron chi connectivity index (χ0n) is 18.0. The van der Waals surface area contributed by atoms with Gasteiger partial charge in [-0.15, -0.1) is 0 Å². The smallest absolute Gasteiger partial charge is 0.349 e. The van der Waals surface area contributed by atoms with Gasteiger partial charge in [0.2, 0.25) is 0 Å². The van der Waals surface area contributed by atoms with Gasteiger partial charge < -0.3 is 10.2 Å². The van der Waals surface area contributed by atoms with Gasteiger partial charge in [0.15, 0.2) is 6.29 Å². The molecule has 0 aromatic rings. The van der Waals surface area contributed by atoms with Gasteiger partial charge in [0.05, 0.1) is 0 Å². The van der Waals surface area contributed by atoms with Crippen LogP contribution in [-0.2, 0) is 14.3 Å². The number of carbonyl (C=O) groups excluding carboxylic acids is 1. The lowest BCUT2D eigenvalue weighted by atomic mass is 10.2. The molecule has 0 saturated heterocycles. The summed E-state index contributed by atoms with van der Waals surface area (Å²) < 4.78 is 227. The monoisotopic (exact) mass is 605 g/mol. The molecule has 3 atom stereocenters. The average Bonchev–Trinajstić information content (AvgIpc) is 2.67. The molecule has 0 radical (unpaired) electrons. The minimum absolute atomic E-state index is 0.240. The molecule has 1 amide bonds. The van der Waals surface area contributed by atoms with E-state index < -0.39 is 60.6 Å². The van der Waals surface area contributed by atoms with Crippen LogP contribution in [0, 0.1) is 0 Å². The van der Waals surface area contributed by atoms with E-state index in [-0.39, 0.29) is 6.54 Å². The third-order valence-electron chi connectivity index (χ3n) is 4.45. The van der Waals surface area contributed by atoms with Crippen LogP contribution in [0.3, 0.4) is 0 Å². The summed E-state index contributed by atoms with van der Waals surface area (Å²) in [6.07, 6.45) is -38.2. The molecule has 3 unspecified atom stereocenters. The van der Waals surface area contributed by atoms with Crippen molar-refractivity contribution in [3.8, 4) is 0 Å². The van der Waals surface area contributed by atoms with Gasteiger partial charge >= 0.3 is 48.4 Å². The molecule has 0 bridgehead atoms. The lowest BCUT2D eigenvalue weighted by Crippen LogP contribution is -2.70. The van der Waals surface area contributed by atoms with Crippen molar-refractivity contribution in [3.63, 3.8) is 0 Å². The van der Waals surface area contributed by atoms with Crippen LogP contribution in [0.25, 0.3) is 0 Å². The number of carbonyl (C=O) groups is 1. The molecule has 224 valence electrons. The first-order valence-corrected chi connectivity index (χ1v) is 9.00. The molecule has 0 aromatic heterocycles. The fourth-order valence-electron chi connectivity index (χ4n) is 2.46. The van der Waals surface area contributed by atoms with Crippen LogP contribution in [0.5, 0.6) is 0 Å². The second-order valence-electron chi connectivity index (χ2n) is 7.33. The van der Waals surface area contributed by atoms with Crippen molar-refractivity contribution in [3.05, 3.63) is 12.3 Å². The first kappa shape index (κ1) is 33.7. The summed E-state index contributed by atoms with van der Waals surface area (Å²) >= 11 is 0. The quantitative estimate of drug-likeness (QED) is 0.409. The van der Waals surface area contributed by atoms with Crippen molar-refractivity contribution in [1.29, 1.82) is 0 Å². The van der Waals surface area contributed by atoms with Crippen molar-refractivity contribution in [2.75, 3.05) is 20.6 Å². The summed E-state index contributed by atoms with van der Waals surface area (Å²) in [5.41, 5.74) is 0. The predicted octanol–water partition coefficient (Wildman–Crippen LogP) is 4.65. The molecular formula is C15H12F17N3O3. The normalized spacial score (nSPS) is 22.2. The van der Waals surface area contributed by atoms with Gasteiger partial charge in [-0.05, 0) is 13.2 Å². The van der Waals surface area contributed by atoms with Crippen molar-refractivity contribution in [2.24, 2.45) is 0 Å². The van der Waals surface area contributed by atoms with Crippen LogP contribution in [0.4, 0.5) is 74.6 Å². The van der Waals surface area contributed by atoms with Crippen LogP contribution in [0.15, 0.2) is 12.3 Å². The fraction of sp³-hybridized carbons (Fsp3) is 0.800. The predicted molar refractivity (Wildman–Crippen MR) is 84.3 cm³/mol. The van der Waals surface area contributed by atoms with E-state index in [1.54, 1.807) is 0 Å². The molecule has 1 heterocycles. The molecule has 1 N–H and O–H groups in total. The highest BCUT2D eigenvalue weighted by molar-refractivity contribution is 5.84. The lowest BCUT2D eigenvalue weighted by Gasteiger charge is -2.41. The number of hydrogen-bond donors (Lipinski definition) is 1. The fourth-order valence-corrected chi connectivity index (χ4v) is 2.46. The van der Waals surface area contributed by atoms with Gasteiger partial charge in [0.25, 0.3) is 5.91 Å². The number of amides is 1. The lowest BCUT2D eigenvalue weighted by molar-refractivity contribution is -0.548. The molecule has 23 heteroatoms. The summed E-state index contributed by atoms with van der Waals surface area (Å²) in [6, 6.07) is 0. The third kappa shape index (κ3) is 5.82. The van der Waals surface area contributed by atoms with Crippen molar-refractivity contribution < 1.29 is 88.9 Å². The highest BCUT2D eigenvalue weighted by Gasteiger charge is 2.85. The van der Waals surface area contributed by atoms with E-state index in [1.165, 1.54) is 10.8 Å². The van der Waals surface area contributed by atoms with E-state index in [0.717, 1.165) is 35.4 Å². The molecule has 38 heavy (non-hydrogen) atoms. The second-order valence-corrected chi connectivity index (χ2v) is 7.33. The Kier molecular flexibility index (Phi) is 8.62. The summed E-state index contributed by atoms with van der Waals surface area (Å²) in [5, 5.41) is 1.02. The van der Waals surface area contributed by atoms with Crippen LogP contribution in [0.1, 0.15) is 0 Å². The molecule has 0 spiro atoms. The van der Waals surface area contributed by atoms with E-state index in [0.29, 0.717) is 0 Å². The number of rotatable bonds is 8. The van der Waals surface area contributed by atoms with Gasteiger partial charge in [-0.25, -0.2) is 0 Å². The third-order valence-corrected chi connectivity index (χ3v) is 4.45. The van der Waals surface area contributed by atoms with E-state index >= 15 is 0 Å². The minimum Gasteiger partial charge on any atom is -0.349 e. The number of nitrogens with one attached hydrogen (secondary N) is 1. The molecule has 1 aliphatic rings. The van der Waals surface area contributed by atoms with Gasteiger partial charge in [-0.3, -0.25) is 19.2 Å². The van der Waals surface area contributed by atoms with E-state index in [4.69, 9.17) is 0 Å². The summed E-state index contributed by atoms with van der Waals surface area (Å²) in [7, 11) is 1.97. The Bertz CT molecular complexity index is 902. The molecule has 6 nitrogen and oxygen atoms in total. The first-order chi connectivity index (χ1) is 16.5. The standard InChI is InChI=1S/C15H12F17N3O3/c1-34-4-3-5-35(2)7(34)33-6(36)8(16,11(20,21)22)37-15(31,32)10(19,13(26,27)28)38-14(29,30)9(17,18)12(23,24)25/h3-4,7H,5H2,1-2H3,(H,33,36). The molecule has 1 aliphatic heterocycles. The first-order valence-electron chi connectivity index (χ1n) is 9.00. The van der Waals surface area contributed by atoms with Crippen molar-refractivity contribution >= 4 is 5.91 Å². The number of likely N-dealkylation sites (N-methyl/N-ethyl adjacent to an activating group) is 1. The van der Waals surface area contributed by atoms with Gasteiger partial charge in [0.1, 0.15) is 0 Å². The van der Waals surface area contributed by atoms with Gasteiger partial charge in [0, 0.05) is 13.6 Å². The highest BCUT2D eigenvalue weighted by Crippen LogP contribution is 2.56. The molecular weight excluding hydrogens is 593 g/mol. The van der Waals surface area contributed by atoms with Gasteiger partial charge in [-0.1, -0.05) is 6.08 Å². The zero-order valence-corrected chi connectivity index (χ0v) is 18.0. The molecule has 0 fully saturated rings. The Hall–Kier alpha value is -2.30. The Balaban J connectivity index is 3.60. The Labute approximate surface area is 198 Å².